The first-order valence-electron chi connectivity index (χ1n) is 3.93. The fourth-order valence-corrected chi connectivity index (χ4v) is 0.328. The quantitative estimate of drug-likeness (QED) is 0.629. The molecule has 0 unspecified atom stereocenters. The molecule has 0 heterocycles. The highest BCUT2D eigenvalue weighted by atomic mass is 16.3. The third-order valence-electron chi connectivity index (χ3n) is 1.43. The van der Waals surface area contributed by atoms with Crippen LogP contribution < -0.4 is 0 Å². The largest absolute Gasteiger partial charge is 0.368 e. The molecule has 1 N–H and O–H groups in total. The molecule has 66 valence electrons. The van der Waals surface area contributed by atoms with Crippen molar-refractivity contribution in [1.29, 1.82) is 0 Å². The van der Waals surface area contributed by atoms with Crippen LogP contribution in [-0.2, 0) is 0 Å². The normalized spacial score (nSPS) is 14.4. The monoisotopic (exact) mass is 158 g/mol. The minimum absolute atomic E-state index is 0.153. The first-order chi connectivity index (χ1) is 4.77. The lowest BCUT2D eigenvalue weighted by molar-refractivity contribution is 0.0782. The van der Waals surface area contributed by atoms with E-state index in [1.54, 1.807) is 13.8 Å². The minimum atomic E-state index is -1.04. The first-order valence-corrected chi connectivity index (χ1v) is 3.93. The Labute approximate surface area is 68.5 Å². The Morgan fingerprint density at radius 1 is 1.09 bits per heavy atom. The van der Waals surface area contributed by atoms with Crippen molar-refractivity contribution in [3.8, 4) is 0 Å². The van der Waals surface area contributed by atoms with Crippen molar-refractivity contribution in [1.82, 2.24) is 0 Å². The SMILES string of the molecule is CCC(C)(C)N=NC(C)(C)O. The van der Waals surface area contributed by atoms with E-state index in [0.717, 1.165) is 6.42 Å². The zero-order chi connectivity index (χ0) is 9.12. The number of aliphatic hydroxyl groups is 1. The molecule has 0 bridgehead atoms. The van der Waals surface area contributed by atoms with E-state index in [1.807, 2.05) is 20.8 Å². The van der Waals surface area contributed by atoms with Crippen molar-refractivity contribution >= 4 is 0 Å². The van der Waals surface area contributed by atoms with Crippen molar-refractivity contribution in [3.05, 3.63) is 0 Å². The highest BCUT2D eigenvalue weighted by molar-refractivity contribution is 4.74. The average molecular weight is 158 g/mol. The van der Waals surface area contributed by atoms with E-state index in [0.29, 0.717) is 0 Å². The summed E-state index contributed by atoms with van der Waals surface area (Å²) < 4.78 is 0. The van der Waals surface area contributed by atoms with Crippen LogP contribution in [0.25, 0.3) is 0 Å². The molecule has 0 rings (SSSR count). The first kappa shape index (κ1) is 10.6. The fourth-order valence-electron chi connectivity index (χ4n) is 0.328. The molecule has 0 amide bonds. The van der Waals surface area contributed by atoms with E-state index >= 15 is 0 Å². The fraction of sp³-hybridized carbons (Fsp3) is 1.00. The van der Waals surface area contributed by atoms with Crippen molar-refractivity contribution in [2.75, 3.05) is 0 Å². The van der Waals surface area contributed by atoms with E-state index in [-0.39, 0.29) is 5.54 Å². The maximum absolute atomic E-state index is 9.22. The molecule has 0 aromatic carbocycles. The van der Waals surface area contributed by atoms with Gasteiger partial charge in [0.2, 0.25) is 0 Å². The molecule has 0 saturated carbocycles. The van der Waals surface area contributed by atoms with Gasteiger partial charge in [0.05, 0.1) is 5.54 Å². The van der Waals surface area contributed by atoms with E-state index in [1.165, 1.54) is 0 Å². The molecule has 3 nitrogen and oxygen atoms in total. The standard InChI is InChI=1S/C8H18N2O/c1-6-7(2,3)9-10-8(4,5)11/h11H,6H2,1-5H3. The second-order valence-corrected chi connectivity index (χ2v) is 3.86. The Morgan fingerprint density at radius 2 is 1.55 bits per heavy atom. The molecule has 0 aliphatic carbocycles. The van der Waals surface area contributed by atoms with Gasteiger partial charge in [-0.1, -0.05) is 6.92 Å². The summed E-state index contributed by atoms with van der Waals surface area (Å²) in [4.78, 5) is 0. The van der Waals surface area contributed by atoms with Gasteiger partial charge in [0, 0.05) is 0 Å². The van der Waals surface area contributed by atoms with Crippen LogP contribution in [0.4, 0.5) is 0 Å². The molecule has 11 heavy (non-hydrogen) atoms. The summed E-state index contributed by atoms with van der Waals surface area (Å²) in [5.41, 5.74) is -1.19. The molecular formula is C8H18N2O. The van der Waals surface area contributed by atoms with Gasteiger partial charge in [0.1, 0.15) is 0 Å². The van der Waals surface area contributed by atoms with Gasteiger partial charge in [0.15, 0.2) is 5.72 Å². The molecule has 0 spiro atoms. The maximum atomic E-state index is 9.22. The Kier molecular flexibility index (Phi) is 3.17. The Balaban J connectivity index is 4.13. The van der Waals surface area contributed by atoms with E-state index < -0.39 is 5.72 Å². The predicted octanol–water partition coefficient (Wildman–Crippen LogP) is 2.36. The van der Waals surface area contributed by atoms with Crippen LogP contribution >= 0.6 is 0 Å². The van der Waals surface area contributed by atoms with Crippen LogP contribution in [0, 0.1) is 0 Å². The zero-order valence-corrected chi connectivity index (χ0v) is 8.05. The molecule has 0 saturated heterocycles. The number of nitrogens with zero attached hydrogens (tertiary/aromatic N) is 2. The molecule has 0 radical (unpaired) electrons. The molecular weight excluding hydrogens is 140 g/mol. The summed E-state index contributed by atoms with van der Waals surface area (Å²) in [5.74, 6) is 0. The summed E-state index contributed by atoms with van der Waals surface area (Å²) in [7, 11) is 0. The van der Waals surface area contributed by atoms with Crippen molar-refractivity contribution in [2.24, 2.45) is 10.2 Å². The van der Waals surface area contributed by atoms with Crippen LogP contribution in [0.3, 0.4) is 0 Å². The summed E-state index contributed by atoms with van der Waals surface area (Å²) in [6.07, 6.45) is 0.923. The lowest BCUT2D eigenvalue weighted by atomic mass is 10.0. The Hall–Kier alpha value is -0.440. The summed E-state index contributed by atoms with van der Waals surface area (Å²) in [6, 6.07) is 0. The van der Waals surface area contributed by atoms with Crippen molar-refractivity contribution in [2.45, 2.75) is 52.3 Å². The maximum Gasteiger partial charge on any atom is 0.170 e. The number of azo groups is 1. The summed E-state index contributed by atoms with van der Waals surface area (Å²) in [6.45, 7) is 9.25. The molecule has 0 aliphatic rings. The predicted molar refractivity (Wildman–Crippen MR) is 45.5 cm³/mol. The highest BCUT2D eigenvalue weighted by Gasteiger charge is 2.16. The molecule has 0 aliphatic heterocycles. The van der Waals surface area contributed by atoms with Crippen LogP contribution in [0.2, 0.25) is 0 Å². The summed E-state index contributed by atoms with van der Waals surface area (Å²) in [5, 5.41) is 17.0. The van der Waals surface area contributed by atoms with Crippen molar-refractivity contribution < 1.29 is 5.11 Å². The smallest absolute Gasteiger partial charge is 0.170 e. The second kappa shape index (κ2) is 3.30. The minimum Gasteiger partial charge on any atom is -0.368 e. The van der Waals surface area contributed by atoms with Gasteiger partial charge >= 0.3 is 0 Å². The number of rotatable bonds is 3. The van der Waals surface area contributed by atoms with Gasteiger partial charge in [-0.25, -0.2) is 0 Å². The van der Waals surface area contributed by atoms with Crippen LogP contribution in [-0.4, -0.2) is 16.4 Å². The molecule has 3 heteroatoms. The van der Waals surface area contributed by atoms with Crippen LogP contribution in [0.5, 0.6) is 0 Å². The highest BCUT2D eigenvalue weighted by Crippen LogP contribution is 2.16. The molecule has 0 fully saturated rings. The van der Waals surface area contributed by atoms with Crippen LogP contribution in [0.15, 0.2) is 10.2 Å². The lowest BCUT2D eigenvalue weighted by Gasteiger charge is -2.17. The number of hydrogen-bond donors (Lipinski definition) is 1. The topological polar surface area (TPSA) is 45.0 Å². The molecule has 0 atom stereocenters. The summed E-state index contributed by atoms with van der Waals surface area (Å²) >= 11 is 0. The van der Waals surface area contributed by atoms with E-state index in [4.69, 9.17) is 0 Å². The van der Waals surface area contributed by atoms with E-state index in [2.05, 4.69) is 10.2 Å². The zero-order valence-electron chi connectivity index (χ0n) is 8.05. The van der Waals surface area contributed by atoms with Gasteiger partial charge in [-0.3, -0.25) is 0 Å². The third-order valence-corrected chi connectivity index (χ3v) is 1.43. The lowest BCUT2D eigenvalue weighted by Crippen LogP contribution is -2.19. The van der Waals surface area contributed by atoms with E-state index in [9.17, 15) is 5.11 Å². The van der Waals surface area contributed by atoms with Gasteiger partial charge in [0.25, 0.3) is 0 Å². The average Bonchev–Trinajstić information content (AvgIpc) is 1.83. The van der Waals surface area contributed by atoms with Gasteiger partial charge in [-0.15, -0.1) is 0 Å². The van der Waals surface area contributed by atoms with Gasteiger partial charge in [-0.2, -0.15) is 10.2 Å². The Bertz CT molecular complexity index is 145. The molecule has 0 aromatic heterocycles. The number of hydrogen-bond acceptors (Lipinski definition) is 3. The van der Waals surface area contributed by atoms with Crippen LogP contribution in [0.1, 0.15) is 41.0 Å². The van der Waals surface area contributed by atoms with Crippen molar-refractivity contribution in [3.63, 3.8) is 0 Å². The van der Waals surface area contributed by atoms with Gasteiger partial charge < -0.3 is 5.11 Å². The Morgan fingerprint density at radius 3 is 1.82 bits per heavy atom. The second-order valence-electron chi connectivity index (χ2n) is 3.86. The molecule has 0 aromatic rings. The van der Waals surface area contributed by atoms with Gasteiger partial charge in [-0.05, 0) is 34.1 Å². The third kappa shape index (κ3) is 5.98.